The molecule has 0 radical (unpaired) electrons. The first-order chi connectivity index (χ1) is 16.3. The summed E-state index contributed by atoms with van der Waals surface area (Å²) in [5.41, 5.74) is 2.07. The first-order valence-electron chi connectivity index (χ1n) is 10.8. The van der Waals surface area contributed by atoms with Crippen LogP contribution in [0.5, 0.6) is 5.75 Å². The minimum atomic E-state index is -3.65. The molecule has 0 saturated heterocycles. The number of carboxylic acids is 1. The number of aliphatic hydroxyl groups excluding tert-OH is 1. The maximum absolute atomic E-state index is 12.4. The molecule has 34 heavy (non-hydrogen) atoms. The van der Waals surface area contributed by atoms with Crippen molar-refractivity contribution < 1.29 is 28.2 Å². The molecule has 3 aromatic rings. The van der Waals surface area contributed by atoms with Crippen LogP contribution in [0.15, 0.2) is 89.8 Å². The Kier molecular flexibility index (Phi) is 8.84. The number of rotatable bonds is 12. The lowest BCUT2D eigenvalue weighted by molar-refractivity contribution is -0.136. The molecule has 1 atom stereocenters. The van der Waals surface area contributed by atoms with Crippen molar-refractivity contribution >= 4 is 27.8 Å². The monoisotopic (exact) mass is 481 g/mol. The summed E-state index contributed by atoms with van der Waals surface area (Å²) in [5, 5.41) is 19.1. The fraction of sp³-hybridized carbons (Fsp3) is 0.192. The number of aliphatic carboxylic acids is 1. The van der Waals surface area contributed by atoms with Gasteiger partial charge in [-0.1, -0.05) is 60.7 Å². The van der Waals surface area contributed by atoms with Gasteiger partial charge in [0.05, 0.1) is 17.6 Å². The quantitative estimate of drug-likeness (QED) is 0.355. The molecule has 0 fully saturated rings. The van der Waals surface area contributed by atoms with E-state index in [2.05, 4.69) is 4.72 Å². The number of sulfonamides is 1. The Bertz CT molecular complexity index is 1210. The van der Waals surface area contributed by atoms with Crippen molar-refractivity contribution in [3.63, 3.8) is 0 Å². The smallest absolute Gasteiger partial charge is 0.303 e. The van der Waals surface area contributed by atoms with E-state index in [-0.39, 0.29) is 17.9 Å². The molecule has 0 amide bonds. The van der Waals surface area contributed by atoms with Crippen molar-refractivity contribution in [3.8, 4) is 5.75 Å². The fourth-order valence-electron chi connectivity index (χ4n) is 3.18. The highest BCUT2D eigenvalue weighted by atomic mass is 32.2. The number of anilines is 1. The third-order valence-electron chi connectivity index (χ3n) is 4.98. The van der Waals surface area contributed by atoms with Crippen LogP contribution in [0.4, 0.5) is 5.69 Å². The highest BCUT2D eigenvalue weighted by molar-refractivity contribution is 7.92. The molecule has 0 aromatic heterocycles. The number of ether oxygens (including phenoxy) is 1. The minimum Gasteiger partial charge on any atom is -0.493 e. The molecule has 3 aromatic carbocycles. The lowest BCUT2D eigenvalue weighted by Gasteiger charge is -2.12. The summed E-state index contributed by atoms with van der Waals surface area (Å²) in [7, 11) is -3.65. The van der Waals surface area contributed by atoms with Crippen LogP contribution in [0, 0.1) is 0 Å². The first kappa shape index (κ1) is 25.0. The highest BCUT2D eigenvalue weighted by Crippen LogP contribution is 2.20. The first-order valence-corrected chi connectivity index (χ1v) is 12.3. The van der Waals surface area contributed by atoms with Crippen LogP contribution in [0.2, 0.25) is 0 Å². The van der Waals surface area contributed by atoms with Gasteiger partial charge in [-0.25, -0.2) is 8.42 Å². The second-order valence-corrected chi connectivity index (χ2v) is 9.29. The van der Waals surface area contributed by atoms with Gasteiger partial charge in [0.2, 0.25) is 0 Å². The van der Waals surface area contributed by atoms with Crippen molar-refractivity contribution in [1.29, 1.82) is 0 Å². The Morgan fingerprint density at radius 2 is 1.65 bits per heavy atom. The zero-order valence-corrected chi connectivity index (χ0v) is 19.3. The van der Waals surface area contributed by atoms with E-state index in [0.717, 1.165) is 11.1 Å². The number of nitrogens with one attached hydrogen (secondary N) is 1. The Labute approximate surface area is 199 Å². The summed E-state index contributed by atoms with van der Waals surface area (Å²) in [5.74, 6) is -0.245. The maximum atomic E-state index is 12.4. The van der Waals surface area contributed by atoms with Crippen LogP contribution in [0.3, 0.4) is 0 Å². The summed E-state index contributed by atoms with van der Waals surface area (Å²) in [6, 6.07) is 22.2. The van der Waals surface area contributed by atoms with Crippen molar-refractivity contribution in [3.05, 3.63) is 96.1 Å². The van der Waals surface area contributed by atoms with E-state index in [1.165, 1.54) is 12.1 Å². The molecule has 7 nitrogen and oxygen atoms in total. The molecule has 0 aliphatic carbocycles. The molecular formula is C26H27NO6S. The summed E-state index contributed by atoms with van der Waals surface area (Å²) >= 11 is 0. The van der Waals surface area contributed by atoms with Crippen LogP contribution < -0.4 is 9.46 Å². The number of para-hydroxylation sites is 1. The highest BCUT2D eigenvalue weighted by Gasteiger charge is 2.13. The topological polar surface area (TPSA) is 113 Å². The Balaban J connectivity index is 1.49. The molecule has 3 N–H and O–H groups in total. The summed E-state index contributed by atoms with van der Waals surface area (Å²) in [6.45, 7) is 0.274. The van der Waals surface area contributed by atoms with Crippen LogP contribution >= 0.6 is 0 Å². The Hall–Kier alpha value is -3.62. The predicted octanol–water partition coefficient (Wildman–Crippen LogP) is 4.35. The van der Waals surface area contributed by atoms with E-state index < -0.39 is 22.1 Å². The fourth-order valence-corrected chi connectivity index (χ4v) is 4.26. The molecule has 0 aliphatic rings. The zero-order valence-electron chi connectivity index (χ0n) is 18.5. The number of carbonyl (C=O) groups is 1. The van der Waals surface area contributed by atoms with E-state index in [4.69, 9.17) is 9.84 Å². The van der Waals surface area contributed by atoms with Gasteiger partial charge in [-0.2, -0.15) is 0 Å². The van der Waals surface area contributed by atoms with Gasteiger partial charge in [-0.05, 0) is 47.9 Å². The molecule has 0 unspecified atom stereocenters. The van der Waals surface area contributed by atoms with Gasteiger partial charge in [-0.3, -0.25) is 9.52 Å². The van der Waals surface area contributed by atoms with Crippen molar-refractivity contribution in [2.45, 2.75) is 30.3 Å². The molecule has 3 rings (SSSR count). The van der Waals surface area contributed by atoms with Crippen LogP contribution in [0.25, 0.3) is 6.08 Å². The van der Waals surface area contributed by atoms with Gasteiger partial charge >= 0.3 is 5.97 Å². The third-order valence-corrected chi connectivity index (χ3v) is 6.38. The van der Waals surface area contributed by atoms with Gasteiger partial charge in [-0.15, -0.1) is 0 Å². The summed E-state index contributed by atoms with van der Waals surface area (Å²) in [6.07, 6.45) is 3.43. The lowest BCUT2D eigenvalue weighted by atomic mass is 10.1. The van der Waals surface area contributed by atoms with Crippen LogP contribution in [-0.4, -0.2) is 37.3 Å². The van der Waals surface area contributed by atoms with E-state index >= 15 is 0 Å². The van der Waals surface area contributed by atoms with Gasteiger partial charge in [0.25, 0.3) is 10.0 Å². The van der Waals surface area contributed by atoms with Gasteiger partial charge in [0.15, 0.2) is 0 Å². The molecular weight excluding hydrogens is 454 g/mol. The van der Waals surface area contributed by atoms with Crippen molar-refractivity contribution in [1.82, 2.24) is 0 Å². The van der Waals surface area contributed by atoms with Crippen LogP contribution in [0.1, 0.15) is 24.0 Å². The second-order valence-electron chi connectivity index (χ2n) is 7.61. The summed E-state index contributed by atoms with van der Waals surface area (Å²) < 4.78 is 33.1. The largest absolute Gasteiger partial charge is 0.493 e. The van der Waals surface area contributed by atoms with E-state index in [0.29, 0.717) is 24.3 Å². The number of benzene rings is 3. The number of carboxylic acid groups (broad SMARTS) is 1. The van der Waals surface area contributed by atoms with Gasteiger partial charge in [0.1, 0.15) is 5.75 Å². The van der Waals surface area contributed by atoms with Crippen LogP contribution in [-0.2, 0) is 21.2 Å². The minimum absolute atomic E-state index is 0.0260. The molecule has 178 valence electrons. The number of hydrogen-bond acceptors (Lipinski definition) is 5. The van der Waals surface area contributed by atoms with E-state index in [1.807, 2.05) is 18.2 Å². The Morgan fingerprint density at radius 1 is 0.971 bits per heavy atom. The van der Waals surface area contributed by atoms with Gasteiger partial charge < -0.3 is 14.9 Å². The molecule has 0 bridgehead atoms. The van der Waals surface area contributed by atoms with Crippen molar-refractivity contribution in [2.24, 2.45) is 0 Å². The predicted molar refractivity (Wildman–Crippen MR) is 131 cm³/mol. The van der Waals surface area contributed by atoms with E-state index in [1.54, 1.807) is 60.7 Å². The average molecular weight is 482 g/mol. The lowest BCUT2D eigenvalue weighted by Crippen LogP contribution is -2.12. The maximum Gasteiger partial charge on any atom is 0.303 e. The molecule has 0 saturated carbocycles. The average Bonchev–Trinajstić information content (AvgIpc) is 2.83. The van der Waals surface area contributed by atoms with E-state index in [9.17, 15) is 18.3 Å². The SMILES string of the molecule is O=C(O)CCc1ccccc1OCC[C@@H](O)/C=C/c1ccc(NS(=O)(=O)c2ccccc2)cc1. The molecule has 0 heterocycles. The molecule has 0 spiro atoms. The zero-order chi connectivity index (χ0) is 24.4. The summed E-state index contributed by atoms with van der Waals surface area (Å²) in [4.78, 5) is 11.0. The number of aliphatic hydroxyl groups is 1. The Morgan fingerprint density at radius 3 is 2.35 bits per heavy atom. The molecule has 8 heteroatoms. The van der Waals surface area contributed by atoms with Gasteiger partial charge in [0, 0.05) is 18.5 Å². The third kappa shape index (κ3) is 7.75. The number of hydrogen-bond donors (Lipinski definition) is 3. The number of aryl methyl sites for hydroxylation is 1. The normalized spacial score (nSPS) is 12.4. The van der Waals surface area contributed by atoms with Crippen molar-refractivity contribution in [2.75, 3.05) is 11.3 Å². The molecule has 0 aliphatic heterocycles. The second kappa shape index (κ2) is 12.0. The standard InChI is InChI=1S/C26H27NO6S/c28-23(18-19-33-25-9-5-4-6-21(25)13-17-26(29)30)16-12-20-10-14-22(15-11-20)27-34(31,32)24-7-2-1-3-8-24/h1-12,14-16,23,27-28H,13,17-19H2,(H,29,30)/b16-12+/t23-/m0/s1.